The second-order valence-electron chi connectivity index (χ2n) is 3.85. The lowest BCUT2D eigenvalue weighted by atomic mass is 9.53. The second-order valence-corrected chi connectivity index (χ2v) is 6.12. The summed E-state index contributed by atoms with van der Waals surface area (Å²) in [6, 6.07) is 0. The molecular weight excluding hydrogens is 366 g/mol. The van der Waals surface area contributed by atoms with E-state index in [-0.39, 0.29) is 0 Å². The maximum Gasteiger partial charge on any atom is 0.329 e. The van der Waals surface area contributed by atoms with Crippen molar-refractivity contribution in [2.75, 3.05) is 0 Å². The normalized spacial score (nSPS) is 43.4. The molecule has 0 spiro atoms. The molecule has 0 amide bonds. The molecular formula is C8H4Cl4O8. The summed E-state index contributed by atoms with van der Waals surface area (Å²) >= 11 is 22.0. The Kier molecular flexibility index (Phi) is 3.65. The number of hydrogen-bond acceptors (Lipinski definition) is 4. The van der Waals surface area contributed by atoms with E-state index >= 15 is 0 Å². The minimum atomic E-state index is -3.40. The van der Waals surface area contributed by atoms with Crippen LogP contribution in [0.3, 0.4) is 0 Å². The van der Waals surface area contributed by atoms with E-state index in [1.54, 1.807) is 0 Å². The molecule has 0 bridgehead atoms. The van der Waals surface area contributed by atoms with Crippen LogP contribution in [0.5, 0.6) is 0 Å². The molecule has 0 heterocycles. The Bertz CT molecular complexity index is 439. The maximum absolute atomic E-state index is 11.2. The molecule has 0 radical (unpaired) electrons. The number of carboxylic acids is 4. The summed E-state index contributed by atoms with van der Waals surface area (Å²) in [5.41, 5.74) is 0. The van der Waals surface area contributed by atoms with Gasteiger partial charge in [-0.2, -0.15) is 0 Å². The van der Waals surface area contributed by atoms with Gasteiger partial charge in [0.15, 0.2) is 0 Å². The Morgan fingerprint density at radius 1 is 0.500 bits per heavy atom. The van der Waals surface area contributed by atoms with E-state index in [2.05, 4.69) is 0 Å². The molecule has 0 aromatic rings. The second kappa shape index (κ2) is 4.27. The number of carbonyl (C=O) groups is 4. The average Bonchev–Trinajstić information content (AvgIpc) is 2.33. The van der Waals surface area contributed by atoms with Crippen molar-refractivity contribution in [1.29, 1.82) is 0 Å². The Balaban J connectivity index is 3.86. The largest absolute Gasteiger partial charge is 0.480 e. The average molecular weight is 370 g/mol. The number of halogens is 4. The van der Waals surface area contributed by atoms with E-state index in [0.717, 1.165) is 0 Å². The van der Waals surface area contributed by atoms with Crippen molar-refractivity contribution in [2.24, 2.45) is 0 Å². The van der Waals surface area contributed by atoms with Crippen LogP contribution in [0.1, 0.15) is 0 Å². The molecule has 4 N–H and O–H groups in total. The molecule has 8 nitrogen and oxygen atoms in total. The van der Waals surface area contributed by atoms with E-state index in [9.17, 15) is 19.2 Å². The molecule has 0 aromatic carbocycles. The first-order chi connectivity index (χ1) is 8.77. The van der Waals surface area contributed by atoms with Crippen molar-refractivity contribution >= 4 is 70.3 Å². The highest BCUT2D eigenvalue weighted by atomic mass is 35.5. The van der Waals surface area contributed by atoms with Gasteiger partial charge in [-0.25, -0.2) is 0 Å². The lowest BCUT2D eigenvalue weighted by molar-refractivity contribution is -0.177. The standard InChI is InChI=1S/C8H4Cl4O8/c9-5(1(13)14)6(10,2(15)16)8(12,4(19)20)7(5,11)3(17)18/h(H,13,14)(H,15,16)(H,17,18)(H,19,20). The summed E-state index contributed by atoms with van der Waals surface area (Å²) in [5.74, 6) is -8.98. The van der Waals surface area contributed by atoms with E-state index in [0.29, 0.717) is 0 Å². The third-order valence-electron chi connectivity index (χ3n) is 3.08. The maximum atomic E-state index is 11.2. The van der Waals surface area contributed by atoms with Crippen LogP contribution >= 0.6 is 46.4 Å². The first kappa shape index (κ1) is 17.1. The third-order valence-corrected chi connectivity index (χ3v) is 6.38. The van der Waals surface area contributed by atoms with Crippen molar-refractivity contribution in [1.82, 2.24) is 0 Å². The Hall–Kier alpha value is -0.960. The Morgan fingerprint density at radius 3 is 0.650 bits per heavy atom. The molecule has 1 aliphatic rings. The van der Waals surface area contributed by atoms with E-state index in [4.69, 9.17) is 66.8 Å². The lowest BCUT2D eigenvalue weighted by Crippen LogP contribution is -2.95. The van der Waals surface area contributed by atoms with Crippen molar-refractivity contribution in [3.63, 3.8) is 0 Å². The fraction of sp³-hybridized carbons (Fsp3) is 0.500. The molecule has 1 saturated carbocycles. The van der Waals surface area contributed by atoms with Gasteiger partial charge in [-0.1, -0.05) is 0 Å². The lowest BCUT2D eigenvalue weighted by Gasteiger charge is -2.63. The van der Waals surface area contributed by atoms with Gasteiger partial charge in [0.05, 0.1) is 0 Å². The van der Waals surface area contributed by atoms with Crippen LogP contribution in [-0.4, -0.2) is 63.8 Å². The van der Waals surface area contributed by atoms with Crippen LogP contribution in [0.2, 0.25) is 0 Å². The highest BCUT2D eigenvalue weighted by molar-refractivity contribution is 6.68. The van der Waals surface area contributed by atoms with Crippen molar-refractivity contribution in [3.05, 3.63) is 0 Å². The predicted octanol–water partition coefficient (Wildman–Crippen LogP) is 0.249. The number of rotatable bonds is 4. The monoisotopic (exact) mass is 368 g/mol. The number of carboxylic acid groups (broad SMARTS) is 4. The van der Waals surface area contributed by atoms with Gasteiger partial charge in [-0.3, -0.25) is 19.2 Å². The summed E-state index contributed by atoms with van der Waals surface area (Å²) in [5, 5.41) is 36.0. The molecule has 0 unspecified atom stereocenters. The molecule has 1 rings (SSSR count). The minimum Gasteiger partial charge on any atom is -0.480 e. The first-order valence-electron chi connectivity index (χ1n) is 4.47. The minimum absolute atomic E-state index is 2.24. The number of alkyl halides is 4. The molecule has 0 aliphatic heterocycles. The highest BCUT2D eigenvalue weighted by Gasteiger charge is 2.99. The van der Waals surface area contributed by atoms with Crippen LogP contribution in [-0.2, 0) is 19.2 Å². The molecule has 0 atom stereocenters. The van der Waals surface area contributed by atoms with Gasteiger partial charge in [0.25, 0.3) is 0 Å². The summed E-state index contributed by atoms with van der Waals surface area (Å²) < 4.78 is 0. The third kappa shape index (κ3) is 1.26. The first-order valence-corrected chi connectivity index (χ1v) is 5.98. The van der Waals surface area contributed by atoms with Gasteiger partial charge >= 0.3 is 23.9 Å². The van der Waals surface area contributed by atoms with Crippen molar-refractivity contribution in [3.8, 4) is 0 Å². The smallest absolute Gasteiger partial charge is 0.329 e. The van der Waals surface area contributed by atoms with Crippen LogP contribution in [0.4, 0.5) is 0 Å². The summed E-state index contributed by atoms with van der Waals surface area (Å²) in [6.45, 7) is 0. The molecule has 20 heavy (non-hydrogen) atoms. The fourth-order valence-corrected chi connectivity index (χ4v) is 4.04. The van der Waals surface area contributed by atoms with E-state index in [1.807, 2.05) is 0 Å². The highest BCUT2D eigenvalue weighted by Crippen LogP contribution is 2.71. The Labute approximate surface area is 129 Å². The van der Waals surface area contributed by atoms with Crippen LogP contribution in [0.15, 0.2) is 0 Å². The zero-order valence-electron chi connectivity index (χ0n) is 8.93. The summed E-state index contributed by atoms with van der Waals surface area (Å²) in [6.07, 6.45) is 0. The van der Waals surface area contributed by atoms with E-state index in [1.165, 1.54) is 0 Å². The van der Waals surface area contributed by atoms with Gasteiger partial charge in [-0.05, 0) is 0 Å². The zero-order valence-corrected chi connectivity index (χ0v) is 12.0. The van der Waals surface area contributed by atoms with Gasteiger partial charge in [0, 0.05) is 0 Å². The number of aliphatic carboxylic acids is 4. The number of hydrogen-bond donors (Lipinski definition) is 4. The Morgan fingerprint density at radius 2 is 0.600 bits per heavy atom. The van der Waals surface area contributed by atoms with Crippen LogP contribution in [0.25, 0.3) is 0 Å². The van der Waals surface area contributed by atoms with Gasteiger partial charge < -0.3 is 20.4 Å². The zero-order chi connectivity index (χ0) is 16.3. The van der Waals surface area contributed by atoms with Crippen LogP contribution < -0.4 is 0 Å². The summed E-state index contributed by atoms with van der Waals surface area (Å²) in [7, 11) is 0. The van der Waals surface area contributed by atoms with Crippen molar-refractivity contribution in [2.45, 2.75) is 19.5 Å². The quantitative estimate of drug-likeness (QED) is 0.515. The molecule has 1 fully saturated rings. The van der Waals surface area contributed by atoms with Gasteiger partial charge in [0.1, 0.15) is 0 Å². The summed E-state index contributed by atoms with van der Waals surface area (Å²) in [4.78, 5) is 31.1. The fourth-order valence-electron chi connectivity index (χ4n) is 2.07. The topological polar surface area (TPSA) is 149 Å². The molecule has 112 valence electrons. The molecule has 0 aromatic heterocycles. The SMILES string of the molecule is O=C(O)C1(Cl)C(Cl)(C(=O)O)C(Cl)(C(=O)O)C1(Cl)C(=O)O. The van der Waals surface area contributed by atoms with Gasteiger partial charge in [-0.15, -0.1) is 46.4 Å². The predicted molar refractivity (Wildman–Crippen MR) is 64.9 cm³/mol. The molecule has 12 heteroatoms. The van der Waals surface area contributed by atoms with E-state index < -0.39 is 43.4 Å². The molecule has 0 saturated heterocycles. The van der Waals surface area contributed by atoms with Gasteiger partial charge in [0.2, 0.25) is 19.5 Å². The van der Waals surface area contributed by atoms with Crippen molar-refractivity contribution < 1.29 is 39.6 Å². The molecule has 1 aliphatic carbocycles. The van der Waals surface area contributed by atoms with Crippen LogP contribution in [0, 0.1) is 0 Å².